The lowest BCUT2D eigenvalue weighted by atomic mass is 10.1. The first kappa shape index (κ1) is 16.7. The second-order valence-electron chi connectivity index (χ2n) is 6.36. The molecule has 1 aliphatic rings. The molecular weight excluding hydrogens is 280 g/mol. The van der Waals surface area contributed by atoms with Gasteiger partial charge in [-0.3, -0.25) is 0 Å². The second kappa shape index (κ2) is 7.56. The predicted octanol–water partition coefficient (Wildman–Crippen LogP) is 2.91. The molecule has 2 rings (SSSR count). The molecule has 0 bridgehead atoms. The van der Waals surface area contributed by atoms with Crippen LogP contribution in [0, 0.1) is 0 Å². The number of aromatic nitrogens is 1. The number of thiazole rings is 1. The lowest BCUT2D eigenvalue weighted by molar-refractivity contribution is 0.328. The molecule has 1 atom stereocenters. The maximum Gasteiger partial charge on any atom is 0.186 e. The molecule has 1 aromatic heterocycles. The van der Waals surface area contributed by atoms with E-state index < -0.39 is 0 Å². The molecule has 1 fully saturated rings. The summed E-state index contributed by atoms with van der Waals surface area (Å²) < 4.78 is 0. The molecule has 0 spiro atoms. The number of anilines is 1. The van der Waals surface area contributed by atoms with E-state index in [0.29, 0.717) is 12.0 Å². The summed E-state index contributed by atoms with van der Waals surface area (Å²) in [6, 6.07) is 0.589. The SMILES string of the molecule is CCC1CN(C)CCCN1c1nc(C(C)C)c(CNC)s1. The molecule has 1 aromatic rings. The van der Waals surface area contributed by atoms with Gasteiger partial charge in [0.05, 0.1) is 5.69 Å². The quantitative estimate of drug-likeness (QED) is 0.906. The number of nitrogens with one attached hydrogen (secondary N) is 1. The van der Waals surface area contributed by atoms with Crippen molar-refractivity contribution in [1.82, 2.24) is 15.2 Å². The summed E-state index contributed by atoms with van der Waals surface area (Å²) in [5.41, 5.74) is 1.27. The first-order chi connectivity index (χ1) is 10.1. The summed E-state index contributed by atoms with van der Waals surface area (Å²) in [5, 5.41) is 4.51. The van der Waals surface area contributed by atoms with Crippen molar-refractivity contribution in [2.24, 2.45) is 0 Å². The molecule has 1 N–H and O–H groups in total. The zero-order valence-electron chi connectivity index (χ0n) is 14.1. The number of hydrogen-bond acceptors (Lipinski definition) is 5. The number of hydrogen-bond donors (Lipinski definition) is 1. The molecule has 4 nitrogen and oxygen atoms in total. The number of nitrogens with zero attached hydrogens (tertiary/aromatic N) is 3. The first-order valence-corrected chi connectivity index (χ1v) is 8.97. The van der Waals surface area contributed by atoms with Crippen LogP contribution in [0.5, 0.6) is 0 Å². The van der Waals surface area contributed by atoms with Gasteiger partial charge >= 0.3 is 0 Å². The van der Waals surface area contributed by atoms with E-state index >= 15 is 0 Å². The minimum absolute atomic E-state index is 0.494. The zero-order chi connectivity index (χ0) is 15.4. The molecule has 5 heteroatoms. The average Bonchev–Trinajstić information content (AvgIpc) is 2.76. The van der Waals surface area contributed by atoms with Crippen molar-refractivity contribution < 1.29 is 0 Å². The predicted molar refractivity (Wildman–Crippen MR) is 92.5 cm³/mol. The molecule has 0 radical (unpaired) electrons. The van der Waals surface area contributed by atoms with Crippen molar-refractivity contribution in [3.8, 4) is 0 Å². The first-order valence-electron chi connectivity index (χ1n) is 8.16. The van der Waals surface area contributed by atoms with Gasteiger partial charge in [0.1, 0.15) is 0 Å². The third-order valence-corrected chi connectivity index (χ3v) is 5.33. The third kappa shape index (κ3) is 3.96. The molecule has 0 aromatic carbocycles. The average molecular weight is 311 g/mol. The van der Waals surface area contributed by atoms with Gasteiger partial charge in [-0.25, -0.2) is 4.98 Å². The molecule has 2 heterocycles. The third-order valence-electron chi connectivity index (χ3n) is 4.22. The maximum atomic E-state index is 5.00. The largest absolute Gasteiger partial charge is 0.344 e. The Morgan fingerprint density at radius 3 is 2.76 bits per heavy atom. The molecule has 0 amide bonds. The monoisotopic (exact) mass is 310 g/mol. The van der Waals surface area contributed by atoms with Gasteiger partial charge in [0.25, 0.3) is 0 Å². The van der Waals surface area contributed by atoms with E-state index in [9.17, 15) is 0 Å². The molecule has 120 valence electrons. The van der Waals surface area contributed by atoms with Crippen LogP contribution in [0.25, 0.3) is 0 Å². The van der Waals surface area contributed by atoms with Gasteiger partial charge in [0, 0.05) is 30.6 Å². The van der Waals surface area contributed by atoms with Crippen LogP contribution >= 0.6 is 11.3 Å². The van der Waals surface area contributed by atoms with E-state index in [1.165, 1.54) is 35.1 Å². The Labute approximate surface area is 133 Å². The van der Waals surface area contributed by atoms with Crippen LogP contribution < -0.4 is 10.2 Å². The van der Waals surface area contributed by atoms with Crippen molar-refractivity contribution in [1.29, 1.82) is 0 Å². The van der Waals surface area contributed by atoms with Crippen LogP contribution in [0.3, 0.4) is 0 Å². The maximum absolute atomic E-state index is 5.00. The van der Waals surface area contributed by atoms with Crippen molar-refractivity contribution in [3.05, 3.63) is 10.6 Å². The molecule has 21 heavy (non-hydrogen) atoms. The van der Waals surface area contributed by atoms with Crippen molar-refractivity contribution in [2.45, 2.75) is 52.1 Å². The van der Waals surface area contributed by atoms with Gasteiger partial charge in [-0.1, -0.05) is 20.8 Å². The van der Waals surface area contributed by atoms with Crippen LogP contribution in [0.2, 0.25) is 0 Å². The smallest absolute Gasteiger partial charge is 0.186 e. The van der Waals surface area contributed by atoms with E-state index in [1.54, 1.807) is 0 Å². The Kier molecular flexibility index (Phi) is 6.02. The summed E-state index contributed by atoms with van der Waals surface area (Å²) in [6.07, 6.45) is 2.41. The Hall–Kier alpha value is -0.650. The standard InChI is InChI=1S/C16H30N4S/c1-6-13-11-19(5)8-7-9-20(13)16-18-15(12(2)3)14(21-16)10-17-4/h12-13,17H,6-11H2,1-5H3. The summed E-state index contributed by atoms with van der Waals surface area (Å²) in [4.78, 5) is 11.4. The van der Waals surface area contributed by atoms with Gasteiger partial charge in [0.2, 0.25) is 0 Å². The Balaban J connectivity index is 2.28. The molecule has 1 unspecified atom stereocenters. The van der Waals surface area contributed by atoms with Gasteiger partial charge in [-0.05, 0) is 39.4 Å². The fraction of sp³-hybridized carbons (Fsp3) is 0.812. The van der Waals surface area contributed by atoms with E-state index in [4.69, 9.17) is 4.98 Å². The lowest BCUT2D eigenvalue weighted by Crippen LogP contribution is -2.39. The normalized spacial score (nSPS) is 21.0. The highest BCUT2D eigenvalue weighted by Gasteiger charge is 2.26. The highest BCUT2D eigenvalue weighted by molar-refractivity contribution is 7.15. The summed E-state index contributed by atoms with van der Waals surface area (Å²) in [6.45, 7) is 11.2. The van der Waals surface area contributed by atoms with Crippen molar-refractivity contribution >= 4 is 16.5 Å². The van der Waals surface area contributed by atoms with Gasteiger partial charge in [0.15, 0.2) is 5.13 Å². The fourth-order valence-electron chi connectivity index (χ4n) is 3.06. The lowest BCUT2D eigenvalue weighted by Gasteiger charge is -2.29. The summed E-state index contributed by atoms with van der Waals surface area (Å²) in [5.74, 6) is 0.494. The highest BCUT2D eigenvalue weighted by atomic mass is 32.1. The molecule has 0 aliphatic carbocycles. The molecule has 1 aliphatic heterocycles. The minimum atomic E-state index is 0.494. The zero-order valence-corrected chi connectivity index (χ0v) is 15.0. The van der Waals surface area contributed by atoms with Gasteiger partial charge in [-0.2, -0.15) is 0 Å². The highest BCUT2D eigenvalue weighted by Crippen LogP contribution is 2.33. The van der Waals surface area contributed by atoms with Crippen molar-refractivity contribution in [3.63, 3.8) is 0 Å². The number of rotatable bonds is 5. The van der Waals surface area contributed by atoms with Crippen LogP contribution in [0.15, 0.2) is 0 Å². The summed E-state index contributed by atoms with van der Waals surface area (Å²) >= 11 is 1.88. The molecule has 0 saturated carbocycles. The van der Waals surface area contributed by atoms with E-state index in [-0.39, 0.29) is 0 Å². The van der Waals surface area contributed by atoms with Gasteiger partial charge < -0.3 is 15.1 Å². The van der Waals surface area contributed by atoms with Crippen LogP contribution in [-0.2, 0) is 6.54 Å². The van der Waals surface area contributed by atoms with E-state index in [0.717, 1.165) is 19.6 Å². The van der Waals surface area contributed by atoms with Crippen molar-refractivity contribution in [2.75, 3.05) is 38.6 Å². The van der Waals surface area contributed by atoms with Crippen LogP contribution in [0.4, 0.5) is 5.13 Å². The fourth-order valence-corrected chi connectivity index (χ4v) is 4.38. The Bertz CT molecular complexity index is 443. The van der Waals surface area contributed by atoms with E-state index in [1.807, 2.05) is 18.4 Å². The number of likely N-dealkylation sites (N-methyl/N-ethyl adjacent to an activating group) is 1. The topological polar surface area (TPSA) is 31.4 Å². The van der Waals surface area contributed by atoms with Gasteiger partial charge in [-0.15, -0.1) is 11.3 Å². The second-order valence-corrected chi connectivity index (χ2v) is 7.42. The summed E-state index contributed by atoms with van der Waals surface area (Å²) in [7, 11) is 4.25. The van der Waals surface area contributed by atoms with Crippen LogP contribution in [-0.4, -0.2) is 49.7 Å². The Morgan fingerprint density at radius 2 is 2.14 bits per heavy atom. The Morgan fingerprint density at radius 1 is 1.38 bits per heavy atom. The molecule has 1 saturated heterocycles. The minimum Gasteiger partial charge on any atom is -0.344 e. The molecular formula is C16H30N4S. The van der Waals surface area contributed by atoms with Crippen LogP contribution in [0.1, 0.15) is 50.1 Å². The van der Waals surface area contributed by atoms with E-state index in [2.05, 4.69) is 42.9 Å².